The summed E-state index contributed by atoms with van der Waals surface area (Å²) in [6.45, 7) is 5.67. The molecule has 0 radical (unpaired) electrons. The van der Waals surface area contributed by atoms with Gasteiger partial charge in [0.25, 0.3) is 0 Å². The zero-order valence-corrected chi connectivity index (χ0v) is 21.5. The largest absolute Gasteiger partial charge is 0.366 e. The second-order valence-corrected chi connectivity index (χ2v) is 9.41. The van der Waals surface area contributed by atoms with Crippen molar-refractivity contribution in [2.45, 2.75) is 39.7 Å². The van der Waals surface area contributed by atoms with E-state index in [-0.39, 0.29) is 12.2 Å². The van der Waals surface area contributed by atoms with E-state index in [2.05, 4.69) is 24.0 Å². The number of aryl methyl sites for hydroxylation is 1. The van der Waals surface area contributed by atoms with E-state index in [1.807, 2.05) is 73.7 Å². The summed E-state index contributed by atoms with van der Waals surface area (Å²) in [5.74, 6) is 0.398. The first-order valence-electron chi connectivity index (χ1n) is 12.7. The quantitative estimate of drug-likeness (QED) is 0.282. The van der Waals surface area contributed by atoms with Gasteiger partial charge in [0.1, 0.15) is 11.6 Å². The number of carbonyl (C=O) groups excluding carboxylic acids is 2. The van der Waals surface area contributed by atoms with Gasteiger partial charge in [-0.3, -0.25) is 9.59 Å². The Hall–Kier alpha value is -4.25. The Morgan fingerprint density at radius 3 is 2.19 bits per heavy atom. The van der Waals surface area contributed by atoms with Gasteiger partial charge in [0.15, 0.2) is 0 Å². The summed E-state index contributed by atoms with van der Waals surface area (Å²) in [7, 11) is 0. The van der Waals surface area contributed by atoms with Crippen molar-refractivity contribution in [2.75, 3.05) is 11.4 Å². The fourth-order valence-corrected chi connectivity index (χ4v) is 4.47. The van der Waals surface area contributed by atoms with E-state index in [9.17, 15) is 9.59 Å². The first-order chi connectivity index (χ1) is 17.9. The monoisotopic (exact) mass is 491 g/mol. The van der Waals surface area contributed by atoms with E-state index in [0.717, 1.165) is 29.9 Å². The molecule has 0 aliphatic carbocycles. The molecule has 0 fully saturated rings. The predicted octanol–water partition coefficient (Wildman–Crippen LogP) is 5.93. The van der Waals surface area contributed by atoms with Crippen molar-refractivity contribution in [3.8, 4) is 11.3 Å². The van der Waals surface area contributed by atoms with E-state index in [4.69, 9.17) is 10.7 Å². The molecule has 3 aromatic carbocycles. The average Bonchev–Trinajstić information content (AvgIpc) is 2.90. The van der Waals surface area contributed by atoms with Gasteiger partial charge in [-0.05, 0) is 48.2 Å². The third-order valence-electron chi connectivity index (χ3n) is 6.30. The second kappa shape index (κ2) is 12.1. The number of nitrogens with two attached hydrogens (primary N) is 1. The van der Waals surface area contributed by atoms with Crippen LogP contribution in [0.5, 0.6) is 0 Å². The molecule has 188 valence electrons. The fraction of sp³-hybridized carbons (Fsp3) is 0.219. The summed E-state index contributed by atoms with van der Waals surface area (Å²) in [4.78, 5) is 32.4. The maximum absolute atomic E-state index is 13.1. The van der Waals surface area contributed by atoms with E-state index < -0.39 is 5.91 Å². The summed E-state index contributed by atoms with van der Waals surface area (Å²) in [5, 5.41) is 0. The lowest BCUT2D eigenvalue weighted by molar-refractivity contribution is -0.117. The molecule has 0 saturated heterocycles. The van der Waals surface area contributed by atoms with E-state index >= 15 is 0 Å². The normalized spacial score (nSPS) is 10.8. The number of nitrogens with zero attached hydrogens (tertiary/aromatic N) is 2. The first kappa shape index (κ1) is 25.8. The number of primary amides is 1. The molecular weight excluding hydrogens is 458 g/mol. The zero-order chi connectivity index (χ0) is 26.2. The summed E-state index contributed by atoms with van der Waals surface area (Å²) in [6.07, 6.45) is 1.59. The van der Waals surface area contributed by atoms with Crippen LogP contribution in [0, 0.1) is 6.92 Å². The van der Waals surface area contributed by atoms with Crippen LogP contribution in [-0.2, 0) is 24.2 Å². The molecule has 1 heterocycles. The van der Waals surface area contributed by atoms with Crippen LogP contribution in [0.25, 0.3) is 11.3 Å². The van der Waals surface area contributed by atoms with Gasteiger partial charge in [-0.15, -0.1) is 0 Å². The number of hydrogen-bond donors (Lipinski definition) is 1. The molecule has 4 rings (SSSR count). The van der Waals surface area contributed by atoms with Gasteiger partial charge in [0, 0.05) is 37.1 Å². The number of amides is 1. The van der Waals surface area contributed by atoms with Crippen molar-refractivity contribution in [3.05, 3.63) is 119 Å². The molecular formula is C32H33N3O2. The molecule has 0 saturated carbocycles. The van der Waals surface area contributed by atoms with Gasteiger partial charge >= 0.3 is 0 Å². The average molecular weight is 492 g/mol. The fourth-order valence-electron chi connectivity index (χ4n) is 4.47. The number of aromatic nitrogens is 1. The lowest BCUT2D eigenvalue weighted by Gasteiger charge is -2.25. The Kier molecular flexibility index (Phi) is 8.47. The Balaban J connectivity index is 1.72. The summed E-state index contributed by atoms with van der Waals surface area (Å²) >= 11 is 0. The lowest BCUT2D eigenvalue weighted by atomic mass is 9.98. The highest BCUT2D eigenvalue weighted by atomic mass is 16.1. The predicted molar refractivity (Wildman–Crippen MR) is 150 cm³/mol. The van der Waals surface area contributed by atoms with Crippen LogP contribution in [0.2, 0.25) is 0 Å². The van der Waals surface area contributed by atoms with E-state index in [1.165, 1.54) is 11.1 Å². The minimum absolute atomic E-state index is 0.125. The van der Waals surface area contributed by atoms with Gasteiger partial charge in [0.05, 0.1) is 5.69 Å². The smallest absolute Gasteiger partial charge is 0.249 e. The molecule has 0 aliphatic heterocycles. The number of pyridine rings is 1. The van der Waals surface area contributed by atoms with E-state index in [1.54, 1.807) is 12.1 Å². The van der Waals surface area contributed by atoms with Gasteiger partial charge in [-0.2, -0.15) is 0 Å². The highest BCUT2D eigenvalue weighted by molar-refractivity contribution is 5.99. The molecule has 0 bridgehead atoms. The van der Waals surface area contributed by atoms with Crippen LogP contribution in [0.15, 0.2) is 91.0 Å². The first-order valence-corrected chi connectivity index (χ1v) is 12.7. The van der Waals surface area contributed by atoms with Crippen LogP contribution in [-0.4, -0.2) is 23.2 Å². The van der Waals surface area contributed by atoms with Crippen molar-refractivity contribution in [1.29, 1.82) is 0 Å². The van der Waals surface area contributed by atoms with Crippen molar-refractivity contribution in [3.63, 3.8) is 0 Å². The van der Waals surface area contributed by atoms with Crippen LogP contribution in [0.1, 0.15) is 46.0 Å². The molecule has 1 amide bonds. The lowest BCUT2D eigenvalue weighted by Crippen LogP contribution is -2.25. The van der Waals surface area contributed by atoms with Crippen LogP contribution in [0.3, 0.4) is 0 Å². The number of benzene rings is 3. The zero-order valence-electron chi connectivity index (χ0n) is 21.5. The number of hydrogen-bond acceptors (Lipinski definition) is 4. The minimum atomic E-state index is -0.505. The van der Waals surface area contributed by atoms with Crippen molar-refractivity contribution in [2.24, 2.45) is 5.73 Å². The Morgan fingerprint density at radius 1 is 0.811 bits per heavy atom. The number of Topliss-reactive ketones (excluding diaryl/α,β-unsaturated/α-hetero) is 1. The highest BCUT2D eigenvalue weighted by Gasteiger charge is 2.17. The minimum Gasteiger partial charge on any atom is -0.366 e. The van der Waals surface area contributed by atoms with Gasteiger partial charge in [-0.1, -0.05) is 85.3 Å². The summed E-state index contributed by atoms with van der Waals surface area (Å²) in [6, 6.07) is 29.4. The number of anilines is 1. The molecule has 37 heavy (non-hydrogen) atoms. The number of rotatable bonds is 11. The van der Waals surface area contributed by atoms with Gasteiger partial charge in [0.2, 0.25) is 5.91 Å². The Labute approximate surface area is 219 Å². The maximum atomic E-state index is 13.1. The van der Waals surface area contributed by atoms with E-state index in [0.29, 0.717) is 29.8 Å². The highest BCUT2D eigenvalue weighted by Crippen LogP contribution is 2.27. The Bertz CT molecular complexity index is 1360. The second-order valence-electron chi connectivity index (χ2n) is 9.41. The SMILES string of the molecule is CCCN(Cc1ccccc1)c1cc(CC(=O)Cc2ccc(C)cc2)cc(-c2ccccc2C(N)=O)n1. The van der Waals surface area contributed by atoms with Gasteiger partial charge < -0.3 is 10.6 Å². The summed E-state index contributed by atoms with van der Waals surface area (Å²) in [5.41, 5.74) is 11.6. The molecule has 2 N–H and O–H groups in total. The molecule has 0 atom stereocenters. The molecule has 4 aromatic rings. The molecule has 0 spiro atoms. The number of carbonyl (C=O) groups is 2. The summed E-state index contributed by atoms with van der Waals surface area (Å²) < 4.78 is 0. The van der Waals surface area contributed by atoms with Crippen LogP contribution in [0.4, 0.5) is 5.82 Å². The maximum Gasteiger partial charge on any atom is 0.249 e. The van der Waals surface area contributed by atoms with Crippen LogP contribution >= 0.6 is 0 Å². The van der Waals surface area contributed by atoms with Crippen molar-refractivity contribution >= 4 is 17.5 Å². The van der Waals surface area contributed by atoms with Crippen molar-refractivity contribution < 1.29 is 9.59 Å². The molecule has 1 aromatic heterocycles. The topological polar surface area (TPSA) is 76.3 Å². The third kappa shape index (κ3) is 6.91. The standard InChI is InChI=1S/C32H33N3O2/c1-3-17-35(22-25-9-5-4-6-10-25)31-21-26(19-27(36)18-24-15-13-23(2)14-16-24)20-30(34-31)28-11-7-8-12-29(28)32(33)37/h4-16,20-21H,3,17-19,22H2,1-2H3,(H2,33,37). The number of ketones is 1. The molecule has 0 unspecified atom stereocenters. The Morgan fingerprint density at radius 2 is 1.49 bits per heavy atom. The molecule has 0 aliphatic rings. The van der Waals surface area contributed by atoms with Crippen LogP contribution < -0.4 is 10.6 Å². The van der Waals surface area contributed by atoms with Gasteiger partial charge in [-0.25, -0.2) is 4.98 Å². The molecule has 5 nitrogen and oxygen atoms in total. The van der Waals surface area contributed by atoms with Crippen molar-refractivity contribution in [1.82, 2.24) is 4.98 Å². The molecule has 5 heteroatoms. The third-order valence-corrected chi connectivity index (χ3v) is 6.30.